The van der Waals surface area contributed by atoms with E-state index in [-0.39, 0.29) is 0 Å². The highest BCUT2D eigenvalue weighted by Crippen LogP contribution is 2.12. The second-order valence-electron chi connectivity index (χ2n) is 4.47. The Bertz CT molecular complexity index is 570. The molecule has 0 aliphatic heterocycles. The maximum Gasteiger partial charge on any atom is 0.150 e. The number of hydrogen-bond donors (Lipinski definition) is 0. The zero-order valence-corrected chi connectivity index (χ0v) is 12.0. The second-order valence-corrected chi connectivity index (χ2v) is 4.47. The van der Waals surface area contributed by atoms with Gasteiger partial charge in [0.2, 0.25) is 0 Å². The largest absolute Gasteiger partial charge is 0.490 e. The summed E-state index contributed by atoms with van der Waals surface area (Å²) in [5.41, 5.74) is 1.24. The topological polar surface area (TPSA) is 52.6 Å². The number of benzene rings is 2. The lowest BCUT2D eigenvalue weighted by Gasteiger charge is -2.04. The molecule has 4 nitrogen and oxygen atoms in total. The first kappa shape index (κ1) is 15.5. The van der Waals surface area contributed by atoms with E-state index in [1.807, 2.05) is 12.2 Å². The number of carbonyl (C=O) groups excluding carboxylic acids is 2. The SMILES string of the molecule is O=Cc1ccc(OC/C=C/COc2ccc(C=O)cc2)cc1. The molecule has 2 aromatic carbocycles. The molecule has 0 bridgehead atoms. The number of hydrogen-bond acceptors (Lipinski definition) is 4. The molecule has 0 saturated heterocycles. The van der Waals surface area contributed by atoms with Crippen molar-refractivity contribution in [1.82, 2.24) is 0 Å². The average molecular weight is 296 g/mol. The Balaban J connectivity index is 1.68. The van der Waals surface area contributed by atoms with Crippen molar-refractivity contribution in [3.63, 3.8) is 0 Å². The first-order chi connectivity index (χ1) is 10.8. The summed E-state index contributed by atoms with van der Waals surface area (Å²) >= 11 is 0. The van der Waals surface area contributed by atoms with Crippen LogP contribution in [-0.2, 0) is 0 Å². The number of carbonyl (C=O) groups is 2. The van der Waals surface area contributed by atoms with E-state index in [4.69, 9.17) is 9.47 Å². The molecule has 4 heteroatoms. The summed E-state index contributed by atoms with van der Waals surface area (Å²) < 4.78 is 11.0. The van der Waals surface area contributed by atoms with Gasteiger partial charge in [-0.25, -0.2) is 0 Å². The molecule has 0 aromatic heterocycles. The molecule has 0 aliphatic rings. The molecular weight excluding hydrogens is 280 g/mol. The first-order valence-corrected chi connectivity index (χ1v) is 6.83. The van der Waals surface area contributed by atoms with Crippen LogP contribution in [0.2, 0.25) is 0 Å². The Hall–Kier alpha value is -2.88. The van der Waals surface area contributed by atoms with Crippen molar-refractivity contribution in [2.75, 3.05) is 13.2 Å². The zero-order chi connectivity index (χ0) is 15.6. The van der Waals surface area contributed by atoms with Gasteiger partial charge in [-0.1, -0.05) is 0 Å². The van der Waals surface area contributed by atoms with Crippen LogP contribution in [0.3, 0.4) is 0 Å². The van der Waals surface area contributed by atoms with Crippen molar-refractivity contribution in [1.29, 1.82) is 0 Å². The van der Waals surface area contributed by atoms with Gasteiger partial charge >= 0.3 is 0 Å². The second kappa shape index (κ2) is 8.42. The van der Waals surface area contributed by atoms with E-state index in [1.165, 1.54) is 0 Å². The van der Waals surface area contributed by atoms with Gasteiger partial charge in [0.25, 0.3) is 0 Å². The maximum atomic E-state index is 10.5. The van der Waals surface area contributed by atoms with E-state index in [0.717, 1.165) is 12.6 Å². The first-order valence-electron chi connectivity index (χ1n) is 6.83. The third kappa shape index (κ3) is 4.90. The Morgan fingerprint density at radius 2 is 1.00 bits per heavy atom. The standard InChI is InChI=1S/C18H16O4/c19-13-15-3-7-17(8-4-15)21-11-1-2-12-22-18-9-5-16(14-20)6-10-18/h1-10,13-14H,11-12H2/b2-1+. The van der Waals surface area contributed by atoms with Gasteiger partial charge in [-0.05, 0) is 60.7 Å². The van der Waals surface area contributed by atoms with Crippen LogP contribution < -0.4 is 9.47 Å². The van der Waals surface area contributed by atoms with E-state index in [9.17, 15) is 9.59 Å². The Kier molecular flexibility index (Phi) is 5.93. The summed E-state index contributed by atoms with van der Waals surface area (Å²) in [6.07, 6.45) is 5.30. The van der Waals surface area contributed by atoms with Crippen LogP contribution in [0.25, 0.3) is 0 Å². The predicted octanol–water partition coefficient (Wildman–Crippen LogP) is 3.33. The van der Waals surface area contributed by atoms with Crippen LogP contribution >= 0.6 is 0 Å². The lowest BCUT2D eigenvalue weighted by Crippen LogP contribution is -1.97. The zero-order valence-electron chi connectivity index (χ0n) is 12.0. The predicted molar refractivity (Wildman–Crippen MR) is 83.8 cm³/mol. The van der Waals surface area contributed by atoms with Crippen molar-refractivity contribution < 1.29 is 19.1 Å². The molecule has 0 aliphatic carbocycles. The summed E-state index contributed by atoms with van der Waals surface area (Å²) in [6.45, 7) is 0.849. The lowest BCUT2D eigenvalue weighted by atomic mass is 10.2. The molecule has 2 aromatic rings. The summed E-state index contributed by atoms with van der Waals surface area (Å²) in [5, 5.41) is 0. The molecule has 0 spiro atoms. The van der Waals surface area contributed by atoms with Gasteiger partial charge in [0.05, 0.1) is 0 Å². The van der Waals surface area contributed by atoms with Crippen LogP contribution in [0.4, 0.5) is 0 Å². The maximum absolute atomic E-state index is 10.5. The molecule has 0 amide bonds. The molecule has 0 unspecified atom stereocenters. The van der Waals surface area contributed by atoms with Gasteiger partial charge in [-0.15, -0.1) is 0 Å². The highest BCUT2D eigenvalue weighted by atomic mass is 16.5. The number of aldehydes is 2. The lowest BCUT2D eigenvalue weighted by molar-refractivity contribution is 0.111. The van der Waals surface area contributed by atoms with Crippen molar-refractivity contribution in [2.24, 2.45) is 0 Å². The summed E-state index contributed by atoms with van der Waals surface area (Å²) in [7, 11) is 0. The van der Waals surface area contributed by atoms with Crippen molar-refractivity contribution in [3.05, 3.63) is 71.8 Å². The van der Waals surface area contributed by atoms with Crippen molar-refractivity contribution >= 4 is 12.6 Å². The quantitative estimate of drug-likeness (QED) is 0.554. The molecule has 0 fully saturated rings. The highest BCUT2D eigenvalue weighted by molar-refractivity contribution is 5.75. The molecule has 2 rings (SSSR count). The summed E-state index contributed by atoms with van der Waals surface area (Å²) in [4.78, 5) is 21.0. The van der Waals surface area contributed by atoms with Gasteiger partial charge in [0, 0.05) is 11.1 Å². The Labute approximate surface area is 129 Å². The Morgan fingerprint density at radius 1 is 0.636 bits per heavy atom. The number of rotatable bonds is 8. The van der Waals surface area contributed by atoms with Crippen LogP contribution in [0.1, 0.15) is 20.7 Å². The third-order valence-electron chi connectivity index (χ3n) is 2.89. The van der Waals surface area contributed by atoms with Gasteiger partial charge < -0.3 is 9.47 Å². The van der Waals surface area contributed by atoms with Gasteiger partial charge in [0.15, 0.2) is 0 Å². The van der Waals surface area contributed by atoms with E-state index in [0.29, 0.717) is 35.8 Å². The smallest absolute Gasteiger partial charge is 0.150 e. The molecule has 0 N–H and O–H groups in total. The molecule has 0 atom stereocenters. The van der Waals surface area contributed by atoms with E-state index >= 15 is 0 Å². The normalized spacial score (nSPS) is 10.4. The minimum Gasteiger partial charge on any atom is -0.490 e. The Morgan fingerprint density at radius 3 is 1.32 bits per heavy atom. The molecule has 22 heavy (non-hydrogen) atoms. The highest BCUT2D eigenvalue weighted by Gasteiger charge is 1.94. The minimum atomic E-state index is 0.424. The van der Waals surface area contributed by atoms with E-state index in [1.54, 1.807) is 48.5 Å². The molecular formula is C18H16O4. The fraction of sp³-hybridized carbons (Fsp3) is 0.111. The van der Waals surface area contributed by atoms with E-state index < -0.39 is 0 Å². The number of ether oxygens (including phenoxy) is 2. The molecule has 0 heterocycles. The van der Waals surface area contributed by atoms with Crippen molar-refractivity contribution in [3.8, 4) is 11.5 Å². The van der Waals surface area contributed by atoms with Gasteiger partial charge in [0.1, 0.15) is 37.3 Å². The fourth-order valence-electron chi connectivity index (χ4n) is 1.71. The van der Waals surface area contributed by atoms with Crippen LogP contribution in [-0.4, -0.2) is 25.8 Å². The van der Waals surface area contributed by atoms with Gasteiger partial charge in [-0.3, -0.25) is 9.59 Å². The minimum absolute atomic E-state index is 0.424. The molecule has 112 valence electrons. The van der Waals surface area contributed by atoms with Crippen LogP contribution in [0, 0.1) is 0 Å². The third-order valence-corrected chi connectivity index (χ3v) is 2.89. The van der Waals surface area contributed by atoms with Crippen LogP contribution in [0.15, 0.2) is 60.7 Å². The monoisotopic (exact) mass is 296 g/mol. The van der Waals surface area contributed by atoms with Gasteiger partial charge in [-0.2, -0.15) is 0 Å². The fourth-order valence-corrected chi connectivity index (χ4v) is 1.71. The van der Waals surface area contributed by atoms with Crippen LogP contribution in [0.5, 0.6) is 11.5 Å². The summed E-state index contributed by atoms with van der Waals surface area (Å²) in [6, 6.07) is 13.8. The van der Waals surface area contributed by atoms with Crippen molar-refractivity contribution in [2.45, 2.75) is 0 Å². The summed E-state index contributed by atoms with van der Waals surface area (Å²) in [5.74, 6) is 1.42. The molecule has 0 radical (unpaired) electrons. The molecule has 0 saturated carbocycles. The van der Waals surface area contributed by atoms with E-state index in [2.05, 4.69) is 0 Å². The average Bonchev–Trinajstić information content (AvgIpc) is 2.59.